The molecular formula is C18H21FN2OS. The predicted molar refractivity (Wildman–Crippen MR) is 90.9 cm³/mol. The molecule has 3 rings (SSSR count). The highest BCUT2D eigenvalue weighted by atomic mass is 32.1. The molecule has 0 saturated carbocycles. The summed E-state index contributed by atoms with van der Waals surface area (Å²) in [6.45, 7) is 4.02. The van der Waals surface area contributed by atoms with Crippen molar-refractivity contribution in [2.24, 2.45) is 0 Å². The van der Waals surface area contributed by atoms with Gasteiger partial charge in [0.1, 0.15) is 5.82 Å². The Morgan fingerprint density at radius 2 is 2.09 bits per heavy atom. The van der Waals surface area contributed by atoms with E-state index in [1.165, 1.54) is 22.6 Å². The predicted octanol–water partition coefficient (Wildman–Crippen LogP) is 3.46. The number of fused-ring (bicyclic) bond motifs is 1. The van der Waals surface area contributed by atoms with Crippen molar-refractivity contribution in [3.63, 3.8) is 0 Å². The third-order valence-corrected chi connectivity index (χ3v) is 5.50. The summed E-state index contributed by atoms with van der Waals surface area (Å²) in [5, 5.41) is 2.13. The summed E-state index contributed by atoms with van der Waals surface area (Å²) in [7, 11) is 1.80. The lowest BCUT2D eigenvalue weighted by molar-refractivity contribution is -0.132. The van der Waals surface area contributed by atoms with Gasteiger partial charge in [0, 0.05) is 31.1 Å². The van der Waals surface area contributed by atoms with Crippen molar-refractivity contribution in [3.05, 3.63) is 57.5 Å². The molecule has 5 heteroatoms. The zero-order valence-electron chi connectivity index (χ0n) is 13.5. The lowest BCUT2D eigenvalue weighted by Crippen LogP contribution is -2.41. The first kappa shape index (κ1) is 16.1. The van der Waals surface area contributed by atoms with Crippen LogP contribution in [0, 0.1) is 5.82 Å². The zero-order valence-corrected chi connectivity index (χ0v) is 14.3. The smallest absolute Gasteiger partial charge is 0.236 e. The molecule has 1 aromatic carbocycles. The molecule has 1 atom stereocenters. The summed E-state index contributed by atoms with van der Waals surface area (Å²) >= 11 is 1.81. The Morgan fingerprint density at radius 3 is 2.83 bits per heavy atom. The fourth-order valence-electron chi connectivity index (χ4n) is 3.02. The van der Waals surface area contributed by atoms with Gasteiger partial charge in [0.15, 0.2) is 0 Å². The van der Waals surface area contributed by atoms with Crippen molar-refractivity contribution in [2.75, 3.05) is 20.1 Å². The largest absolute Gasteiger partial charge is 0.340 e. The van der Waals surface area contributed by atoms with E-state index in [-0.39, 0.29) is 17.8 Å². The molecule has 122 valence electrons. The summed E-state index contributed by atoms with van der Waals surface area (Å²) < 4.78 is 12.9. The molecule has 0 N–H and O–H groups in total. The Bertz CT molecular complexity index is 683. The van der Waals surface area contributed by atoms with E-state index in [1.54, 1.807) is 35.4 Å². The minimum absolute atomic E-state index is 0.0971. The van der Waals surface area contributed by atoms with Crippen LogP contribution in [-0.4, -0.2) is 35.8 Å². The quantitative estimate of drug-likeness (QED) is 0.856. The number of amides is 1. The molecule has 1 aliphatic heterocycles. The number of nitrogens with zero attached hydrogens (tertiary/aromatic N) is 2. The van der Waals surface area contributed by atoms with Crippen LogP contribution in [-0.2, 0) is 17.8 Å². The number of thiophene rings is 1. The van der Waals surface area contributed by atoms with Crippen LogP contribution in [0.25, 0.3) is 0 Å². The molecule has 0 fully saturated rings. The first-order chi connectivity index (χ1) is 11.0. The van der Waals surface area contributed by atoms with Gasteiger partial charge in [-0.2, -0.15) is 0 Å². The van der Waals surface area contributed by atoms with Crippen molar-refractivity contribution >= 4 is 17.2 Å². The standard InChI is InChI=1S/C18H21FN2OS/c1-13-16-8-10-23-17(16)7-9-21(13)12-18(22)20(2)11-14-3-5-15(19)6-4-14/h3-6,8,10,13H,7,9,11-12H2,1-2H3/t13-/m0/s1. The third-order valence-electron chi connectivity index (χ3n) is 4.50. The molecule has 1 aromatic heterocycles. The maximum atomic E-state index is 12.9. The summed E-state index contributed by atoms with van der Waals surface area (Å²) in [6.07, 6.45) is 1.02. The molecule has 1 aliphatic rings. The van der Waals surface area contributed by atoms with Crippen LogP contribution in [0.1, 0.15) is 29.0 Å². The average Bonchev–Trinajstić information content (AvgIpc) is 3.01. The number of hydrogen-bond acceptors (Lipinski definition) is 3. The number of halogens is 1. The molecule has 0 bridgehead atoms. The average molecular weight is 332 g/mol. The summed E-state index contributed by atoms with van der Waals surface area (Å²) in [5.74, 6) is -0.156. The van der Waals surface area contributed by atoms with Gasteiger partial charge in [-0.25, -0.2) is 4.39 Å². The number of carbonyl (C=O) groups excluding carboxylic acids is 1. The Morgan fingerprint density at radius 1 is 1.35 bits per heavy atom. The molecule has 3 nitrogen and oxygen atoms in total. The number of rotatable bonds is 4. The van der Waals surface area contributed by atoms with E-state index in [0.29, 0.717) is 13.1 Å². The minimum Gasteiger partial charge on any atom is -0.340 e. The van der Waals surface area contributed by atoms with Crippen molar-refractivity contribution in [1.82, 2.24) is 9.80 Å². The molecule has 0 radical (unpaired) electrons. The fraction of sp³-hybridized carbons (Fsp3) is 0.389. The number of hydrogen-bond donors (Lipinski definition) is 0. The number of benzene rings is 1. The highest BCUT2D eigenvalue weighted by Crippen LogP contribution is 2.32. The fourth-order valence-corrected chi connectivity index (χ4v) is 3.99. The SMILES string of the molecule is C[C@H]1c2ccsc2CCN1CC(=O)N(C)Cc1ccc(F)cc1. The molecule has 2 heterocycles. The van der Waals surface area contributed by atoms with Crippen molar-refractivity contribution in [2.45, 2.75) is 25.9 Å². The van der Waals surface area contributed by atoms with Gasteiger partial charge in [-0.05, 0) is 48.1 Å². The molecule has 1 amide bonds. The Labute approximate surface area is 140 Å². The van der Waals surface area contributed by atoms with Crippen LogP contribution in [0.15, 0.2) is 35.7 Å². The second-order valence-corrected chi connectivity index (χ2v) is 7.07. The number of likely N-dealkylation sites (N-methyl/N-ethyl adjacent to an activating group) is 1. The summed E-state index contributed by atoms with van der Waals surface area (Å²) in [4.78, 5) is 17.9. The van der Waals surface area contributed by atoms with Crippen LogP contribution in [0.4, 0.5) is 4.39 Å². The summed E-state index contributed by atoms with van der Waals surface area (Å²) in [6, 6.07) is 8.76. The van der Waals surface area contributed by atoms with Crippen molar-refractivity contribution < 1.29 is 9.18 Å². The second-order valence-electron chi connectivity index (χ2n) is 6.07. The van der Waals surface area contributed by atoms with Crippen LogP contribution in [0.5, 0.6) is 0 Å². The van der Waals surface area contributed by atoms with E-state index in [2.05, 4.69) is 23.3 Å². The van der Waals surface area contributed by atoms with E-state index in [9.17, 15) is 9.18 Å². The summed E-state index contributed by atoms with van der Waals surface area (Å²) in [5.41, 5.74) is 2.30. The molecular weight excluding hydrogens is 311 g/mol. The van der Waals surface area contributed by atoms with Gasteiger partial charge in [-0.3, -0.25) is 9.69 Å². The van der Waals surface area contributed by atoms with Gasteiger partial charge < -0.3 is 4.90 Å². The Balaban J connectivity index is 1.59. The highest BCUT2D eigenvalue weighted by molar-refractivity contribution is 7.10. The molecule has 0 aliphatic carbocycles. The lowest BCUT2D eigenvalue weighted by atomic mass is 10.0. The zero-order chi connectivity index (χ0) is 16.4. The molecule has 0 saturated heterocycles. The van der Waals surface area contributed by atoms with E-state index >= 15 is 0 Å². The van der Waals surface area contributed by atoms with Gasteiger partial charge >= 0.3 is 0 Å². The van der Waals surface area contributed by atoms with E-state index in [0.717, 1.165) is 18.5 Å². The normalized spacial score (nSPS) is 17.8. The maximum absolute atomic E-state index is 12.9. The lowest BCUT2D eigenvalue weighted by Gasteiger charge is -2.34. The van der Waals surface area contributed by atoms with Gasteiger partial charge in [0.2, 0.25) is 5.91 Å². The van der Waals surface area contributed by atoms with E-state index in [1.807, 2.05) is 0 Å². The molecule has 23 heavy (non-hydrogen) atoms. The Hall–Kier alpha value is -1.72. The van der Waals surface area contributed by atoms with Crippen LogP contribution in [0.2, 0.25) is 0 Å². The first-order valence-electron chi connectivity index (χ1n) is 7.83. The van der Waals surface area contributed by atoms with E-state index < -0.39 is 0 Å². The van der Waals surface area contributed by atoms with Gasteiger partial charge in [-0.1, -0.05) is 12.1 Å². The third kappa shape index (κ3) is 3.62. The monoisotopic (exact) mass is 332 g/mol. The van der Waals surface area contributed by atoms with Crippen LogP contribution < -0.4 is 0 Å². The molecule has 0 unspecified atom stereocenters. The van der Waals surface area contributed by atoms with Gasteiger partial charge in [0.25, 0.3) is 0 Å². The minimum atomic E-state index is -0.253. The van der Waals surface area contributed by atoms with Crippen molar-refractivity contribution in [1.29, 1.82) is 0 Å². The van der Waals surface area contributed by atoms with Gasteiger partial charge in [-0.15, -0.1) is 11.3 Å². The van der Waals surface area contributed by atoms with Crippen LogP contribution >= 0.6 is 11.3 Å². The van der Waals surface area contributed by atoms with E-state index in [4.69, 9.17) is 0 Å². The first-order valence-corrected chi connectivity index (χ1v) is 8.71. The highest BCUT2D eigenvalue weighted by Gasteiger charge is 2.26. The molecule has 0 spiro atoms. The van der Waals surface area contributed by atoms with Gasteiger partial charge in [0.05, 0.1) is 6.54 Å². The Kier molecular flexibility index (Phi) is 4.78. The topological polar surface area (TPSA) is 23.6 Å². The van der Waals surface area contributed by atoms with Crippen LogP contribution in [0.3, 0.4) is 0 Å². The molecule has 2 aromatic rings. The van der Waals surface area contributed by atoms with Crippen molar-refractivity contribution in [3.8, 4) is 0 Å². The maximum Gasteiger partial charge on any atom is 0.236 e. The number of carbonyl (C=O) groups is 1. The second kappa shape index (κ2) is 6.81.